The molecular formula is C11H14ClN3O4. The molecule has 1 heterocycles. The average Bonchev–Trinajstić information content (AvgIpc) is 2.35. The van der Waals surface area contributed by atoms with Crippen molar-refractivity contribution in [1.29, 1.82) is 0 Å². The Kier molecular flexibility index (Phi) is 5.05. The Morgan fingerprint density at radius 3 is 2.74 bits per heavy atom. The number of carbonyl (C=O) groups is 1. The third kappa shape index (κ3) is 3.78. The van der Waals surface area contributed by atoms with Gasteiger partial charge in [0.15, 0.2) is 0 Å². The first-order valence-corrected chi connectivity index (χ1v) is 6.03. The van der Waals surface area contributed by atoms with Gasteiger partial charge in [-0.05, 0) is 13.3 Å². The molecule has 7 nitrogen and oxygen atoms in total. The fourth-order valence-corrected chi connectivity index (χ4v) is 1.81. The Balaban J connectivity index is 3.15. The summed E-state index contributed by atoms with van der Waals surface area (Å²) in [6, 6.07) is 1.07. The SMILES string of the molecule is CCC(C)N(CC(=O)O)c1ncc([N+](=O)[O-])cc1Cl. The van der Waals surface area contributed by atoms with Gasteiger partial charge in [-0.2, -0.15) is 0 Å². The average molecular weight is 288 g/mol. The molecule has 0 amide bonds. The molecule has 0 radical (unpaired) electrons. The lowest BCUT2D eigenvalue weighted by molar-refractivity contribution is -0.385. The van der Waals surface area contributed by atoms with Crippen molar-refractivity contribution in [3.05, 3.63) is 27.4 Å². The van der Waals surface area contributed by atoms with Crippen LogP contribution >= 0.6 is 11.6 Å². The van der Waals surface area contributed by atoms with E-state index in [4.69, 9.17) is 16.7 Å². The number of hydrogen-bond acceptors (Lipinski definition) is 5. The van der Waals surface area contributed by atoms with E-state index >= 15 is 0 Å². The summed E-state index contributed by atoms with van der Waals surface area (Å²) < 4.78 is 0. The van der Waals surface area contributed by atoms with E-state index < -0.39 is 10.9 Å². The molecule has 0 aliphatic rings. The molecule has 0 spiro atoms. The number of pyridine rings is 1. The first-order valence-electron chi connectivity index (χ1n) is 5.65. The van der Waals surface area contributed by atoms with Crippen molar-refractivity contribution in [2.24, 2.45) is 0 Å². The highest BCUT2D eigenvalue weighted by Gasteiger charge is 2.21. The summed E-state index contributed by atoms with van der Waals surface area (Å²) in [5, 5.41) is 19.6. The zero-order valence-corrected chi connectivity index (χ0v) is 11.3. The zero-order valence-electron chi connectivity index (χ0n) is 10.5. The van der Waals surface area contributed by atoms with Crippen LogP contribution in [0.15, 0.2) is 12.3 Å². The van der Waals surface area contributed by atoms with Crippen LogP contribution in [0.1, 0.15) is 20.3 Å². The number of carboxylic acid groups (broad SMARTS) is 1. The number of anilines is 1. The van der Waals surface area contributed by atoms with Crippen LogP contribution in [-0.4, -0.2) is 33.6 Å². The smallest absolute Gasteiger partial charge is 0.323 e. The molecule has 1 rings (SSSR count). The lowest BCUT2D eigenvalue weighted by Crippen LogP contribution is -2.37. The number of rotatable bonds is 6. The second-order valence-corrected chi connectivity index (χ2v) is 4.44. The fourth-order valence-electron chi connectivity index (χ4n) is 1.54. The van der Waals surface area contributed by atoms with Gasteiger partial charge in [0.05, 0.1) is 9.95 Å². The molecule has 0 bridgehead atoms. The molecule has 0 saturated heterocycles. The van der Waals surface area contributed by atoms with Crippen LogP contribution in [0.5, 0.6) is 0 Å². The second kappa shape index (κ2) is 6.33. The van der Waals surface area contributed by atoms with E-state index in [0.29, 0.717) is 6.42 Å². The Hall–Kier alpha value is -1.89. The predicted molar refractivity (Wildman–Crippen MR) is 70.6 cm³/mol. The van der Waals surface area contributed by atoms with E-state index in [9.17, 15) is 14.9 Å². The van der Waals surface area contributed by atoms with Crippen molar-refractivity contribution in [2.75, 3.05) is 11.4 Å². The first-order chi connectivity index (χ1) is 8.86. The van der Waals surface area contributed by atoms with Crippen LogP contribution in [0, 0.1) is 10.1 Å². The van der Waals surface area contributed by atoms with Gasteiger partial charge < -0.3 is 10.0 Å². The van der Waals surface area contributed by atoms with Crippen LogP contribution in [0.25, 0.3) is 0 Å². The summed E-state index contributed by atoms with van der Waals surface area (Å²) in [5.74, 6) is -0.777. The van der Waals surface area contributed by atoms with Crippen molar-refractivity contribution >= 4 is 29.1 Å². The highest BCUT2D eigenvalue weighted by molar-refractivity contribution is 6.33. The Labute approximate surface area is 115 Å². The topological polar surface area (TPSA) is 96.6 Å². The Bertz CT molecular complexity index is 495. The molecule has 19 heavy (non-hydrogen) atoms. The van der Waals surface area contributed by atoms with Crippen LogP contribution in [0.3, 0.4) is 0 Å². The lowest BCUT2D eigenvalue weighted by Gasteiger charge is -2.28. The summed E-state index contributed by atoms with van der Waals surface area (Å²) in [6.07, 6.45) is 1.76. The van der Waals surface area contributed by atoms with Gasteiger partial charge in [-0.25, -0.2) is 4.98 Å². The standard InChI is InChI=1S/C11H14ClN3O4/c1-3-7(2)14(6-10(16)17)11-9(12)4-8(5-13-11)15(18)19/h4-5,7H,3,6H2,1-2H3,(H,16,17). The molecule has 8 heteroatoms. The van der Waals surface area contributed by atoms with Gasteiger partial charge in [-0.3, -0.25) is 14.9 Å². The molecule has 1 aromatic heterocycles. The molecule has 1 N–H and O–H groups in total. The minimum Gasteiger partial charge on any atom is -0.480 e. The summed E-state index contributed by atoms with van der Waals surface area (Å²) >= 11 is 5.95. The van der Waals surface area contributed by atoms with E-state index in [0.717, 1.165) is 6.20 Å². The third-order valence-electron chi connectivity index (χ3n) is 2.72. The minimum atomic E-state index is -1.02. The maximum absolute atomic E-state index is 10.9. The molecule has 0 aliphatic heterocycles. The lowest BCUT2D eigenvalue weighted by atomic mass is 10.2. The monoisotopic (exact) mass is 287 g/mol. The van der Waals surface area contributed by atoms with E-state index in [-0.39, 0.29) is 29.1 Å². The largest absolute Gasteiger partial charge is 0.480 e. The first kappa shape index (κ1) is 15.2. The van der Waals surface area contributed by atoms with Gasteiger partial charge in [-0.1, -0.05) is 18.5 Å². The van der Waals surface area contributed by atoms with Gasteiger partial charge in [-0.15, -0.1) is 0 Å². The van der Waals surface area contributed by atoms with Gasteiger partial charge in [0, 0.05) is 12.1 Å². The van der Waals surface area contributed by atoms with Crippen molar-refractivity contribution in [3.63, 3.8) is 0 Å². The van der Waals surface area contributed by atoms with Gasteiger partial charge in [0.2, 0.25) is 0 Å². The summed E-state index contributed by atoms with van der Waals surface area (Å²) in [4.78, 5) is 26.3. The van der Waals surface area contributed by atoms with Crippen LogP contribution in [-0.2, 0) is 4.79 Å². The molecule has 1 unspecified atom stereocenters. The number of aliphatic carboxylic acids is 1. The highest BCUT2D eigenvalue weighted by atomic mass is 35.5. The second-order valence-electron chi connectivity index (χ2n) is 4.03. The normalized spacial score (nSPS) is 11.9. The number of aromatic nitrogens is 1. The Morgan fingerprint density at radius 2 is 2.32 bits per heavy atom. The fraction of sp³-hybridized carbons (Fsp3) is 0.455. The summed E-state index contributed by atoms with van der Waals surface area (Å²) in [5.41, 5.74) is -0.229. The molecule has 1 atom stereocenters. The molecule has 104 valence electrons. The van der Waals surface area contributed by atoms with Crippen LogP contribution < -0.4 is 4.90 Å². The van der Waals surface area contributed by atoms with Crippen LogP contribution in [0.4, 0.5) is 11.5 Å². The molecular weight excluding hydrogens is 274 g/mol. The highest BCUT2D eigenvalue weighted by Crippen LogP contribution is 2.28. The number of nitro groups is 1. The third-order valence-corrected chi connectivity index (χ3v) is 3.00. The van der Waals surface area contributed by atoms with Crippen molar-refractivity contribution in [3.8, 4) is 0 Å². The summed E-state index contributed by atoms with van der Waals surface area (Å²) in [6.45, 7) is 3.47. The predicted octanol–water partition coefficient (Wildman–Crippen LogP) is 2.33. The number of nitrogens with zero attached hydrogens (tertiary/aromatic N) is 3. The summed E-state index contributed by atoms with van der Waals surface area (Å²) in [7, 11) is 0. The van der Waals surface area contributed by atoms with Gasteiger partial charge >= 0.3 is 5.97 Å². The van der Waals surface area contributed by atoms with Gasteiger partial charge in [0.25, 0.3) is 5.69 Å². The quantitative estimate of drug-likeness (QED) is 0.637. The van der Waals surface area contributed by atoms with E-state index in [1.165, 1.54) is 11.0 Å². The van der Waals surface area contributed by atoms with E-state index in [1.54, 1.807) is 0 Å². The van der Waals surface area contributed by atoms with Crippen molar-refractivity contribution in [1.82, 2.24) is 4.98 Å². The van der Waals surface area contributed by atoms with Crippen molar-refractivity contribution in [2.45, 2.75) is 26.3 Å². The molecule has 0 saturated carbocycles. The molecule has 0 aromatic carbocycles. The van der Waals surface area contributed by atoms with E-state index in [1.807, 2.05) is 13.8 Å². The zero-order chi connectivity index (χ0) is 14.6. The number of hydrogen-bond donors (Lipinski definition) is 1. The minimum absolute atomic E-state index is 0.0655. The molecule has 1 aromatic rings. The maximum atomic E-state index is 10.9. The van der Waals surface area contributed by atoms with Crippen molar-refractivity contribution < 1.29 is 14.8 Å². The van der Waals surface area contributed by atoms with Gasteiger partial charge in [0.1, 0.15) is 18.6 Å². The maximum Gasteiger partial charge on any atom is 0.323 e. The molecule has 0 fully saturated rings. The molecule has 0 aliphatic carbocycles. The van der Waals surface area contributed by atoms with Crippen LogP contribution in [0.2, 0.25) is 5.02 Å². The Morgan fingerprint density at radius 1 is 1.68 bits per heavy atom. The number of carboxylic acids is 1. The number of halogens is 1. The van der Waals surface area contributed by atoms with E-state index in [2.05, 4.69) is 4.98 Å².